The summed E-state index contributed by atoms with van der Waals surface area (Å²) in [5, 5.41) is 7.06. The third-order valence-electron chi connectivity index (χ3n) is 4.08. The lowest BCUT2D eigenvalue weighted by Crippen LogP contribution is -2.19. The summed E-state index contributed by atoms with van der Waals surface area (Å²) < 4.78 is 12.4. The molecule has 3 aromatic rings. The number of nitrogens with one attached hydrogen (secondary N) is 1. The van der Waals surface area contributed by atoms with Crippen LogP contribution in [0.3, 0.4) is 0 Å². The van der Waals surface area contributed by atoms with Gasteiger partial charge in [-0.1, -0.05) is 18.2 Å². The minimum atomic E-state index is -0.228. The van der Waals surface area contributed by atoms with E-state index < -0.39 is 0 Å². The molecule has 0 bridgehead atoms. The summed E-state index contributed by atoms with van der Waals surface area (Å²) in [7, 11) is 0. The molecule has 3 rings (SSSR count). The maximum Gasteiger partial charge on any atom is 0.287 e. The second kappa shape index (κ2) is 8.18. The predicted octanol–water partition coefficient (Wildman–Crippen LogP) is 4.35. The maximum absolute atomic E-state index is 12.3. The van der Waals surface area contributed by atoms with Crippen LogP contribution in [0.15, 0.2) is 46.9 Å². The van der Waals surface area contributed by atoms with Crippen LogP contribution in [-0.2, 0) is 17.9 Å². The van der Waals surface area contributed by atoms with Gasteiger partial charge in [-0.05, 0) is 73.9 Å². The summed E-state index contributed by atoms with van der Waals surface area (Å²) in [4.78, 5) is 12.4. The number of carbonyl (C=O) groups is 1. The standard InChI is InChI=1S/C20H21N3O3S/c1-13-5-4-6-17(9-13)25-12-19-22-23(20(27)26-19)11-18(24)21-16-8-7-14(2)15(3)10-16/h4-10H,11-12H2,1-3H3,(H,21,24). The van der Waals surface area contributed by atoms with Crippen LogP contribution in [0.25, 0.3) is 0 Å². The Kier molecular flexibility index (Phi) is 5.71. The molecule has 0 radical (unpaired) electrons. The van der Waals surface area contributed by atoms with E-state index >= 15 is 0 Å². The van der Waals surface area contributed by atoms with Gasteiger partial charge in [-0.3, -0.25) is 4.79 Å². The van der Waals surface area contributed by atoms with Crippen molar-refractivity contribution in [2.45, 2.75) is 33.9 Å². The highest BCUT2D eigenvalue weighted by Gasteiger charge is 2.11. The quantitative estimate of drug-likeness (QED) is 0.641. The Labute approximate surface area is 162 Å². The Balaban J connectivity index is 1.61. The first-order valence-electron chi connectivity index (χ1n) is 8.54. The van der Waals surface area contributed by atoms with Gasteiger partial charge in [0.15, 0.2) is 6.61 Å². The molecule has 2 aromatic carbocycles. The molecule has 0 fully saturated rings. The number of nitrogens with zero attached hydrogens (tertiary/aromatic N) is 2. The molecule has 0 saturated carbocycles. The average molecular weight is 383 g/mol. The number of aromatic nitrogens is 2. The number of ether oxygens (including phenoxy) is 1. The summed E-state index contributed by atoms with van der Waals surface area (Å²) in [6.07, 6.45) is 0. The molecule has 0 aliphatic rings. The van der Waals surface area contributed by atoms with Crippen LogP contribution in [0.1, 0.15) is 22.6 Å². The Bertz CT molecular complexity index is 1020. The molecule has 1 amide bonds. The molecule has 1 heterocycles. The summed E-state index contributed by atoms with van der Waals surface area (Å²) in [5.74, 6) is 0.812. The minimum absolute atomic E-state index is 0.0281. The SMILES string of the molecule is Cc1cccc(OCc2nn(CC(=O)Nc3ccc(C)c(C)c3)c(=S)o2)c1. The van der Waals surface area contributed by atoms with Crippen LogP contribution in [0, 0.1) is 25.6 Å². The van der Waals surface area contributed by atoms with Crippen molar-refractivity contribution in [2.24, 2.45) is 0 Å². The number of anilines is 1. The van der Waals surface area contributed by atoms with Crippen molar-refractivity contribution in [3.63, 3.8) is 0 Å². The molecule has 0 aliphatic heterocycles. The number of hydrogen-bond acceptors (Lipinski definition) is 5. The molecule has 1 N–H and O–H groups in total. The van der Waals surface area contributed by atoms with Crippen LogP contribution < -0.4 is 10.1 Å². The van der Waals surface area contributed by atoms with E-state index in [9.17, 15) is 4.79 Å². The van der Waals surface area contributed by atoms with Gasteiger partial charge in [0.1, 0.15) is 12.3 Å². The van der Waals surface area contributed by atoms with Gasteiger partial charge in [-0.25, -0.2) is 4.68 Å². The molecule has 27 heavy (non-hydrogen) atoms. The highest BCUT2D eigenvalue weighted by Crippen LogP contribution is 2.15. The van der Waals surface area contributed by atoms with Crippen LogP contribution >= 0.6 is 12.2 Å². The second-order valence-corrected chi connectivity index (χ2v) is 6.72. The number of benzene rings is 2. The molecule has 0 atom stereocenters. The van der Waals surface area contributed by atoms with Gasteiger partial charge in [0.05, 0.1) is 0 Å². The zero-order chi connectivity index (χ0) is 19.4. The predicted molar refractivity (Wildman–Crippen MR) is 105 cm³/mol. The molecule has 0 saturated heterocycles. The van der Waals surface area contributed by atoms with Crippen molar-refractivity contribution in [1.82, 2.24) is 9.78 Å². The van der Waals surface area contributed by atoms with Crippen LogP contribution in [-0.4, -0.2) is 15.7 Å². The lowest BCUT2D eigenvalue weighted by atomic mass is 10.1. The molecular weight excluding hydrogens is 362 g/mol. The number of rotatable bonds is 6. The first-order valence-corrected chi connectivity index (χ1v) is 8.95. The lowest BCUT2D eigenvalue weighted by Gasteiger charge is -2.07. The molecule has 6 nitrogen and oxygen atoms in total. The van der Waals surface area contributed by atoms with E-state index in [1.54, 1.807) is 0 Å². The fourth-order valence-electron chi connectivity index (χ4n) is 2.51. The highest BCUT2D eigenvalue weighted by atomic mass is 32.1. The van der Waals surface area contributed by atoms with E-state index in [0.29, 0.717) is 5.89 Å². The number of aryl methyl sites for hydroxylation is 3. The molecule has 1 aromatic heterocycles. The van der Waals surface area contributed by atoms with Crippen molar-refractivity contribution in [3.8, 4) is 5.75 Å². The fourth-order valence-corrected chi connectivity index (χ4v) is 2.72. The van der Waals surface area contributed by atoms with Gasteiger partial charge >= 0.3 is 0 Å². The van der Waals surface area contributed by atoms with E-state index in [0.717, 1.165) is 22.6 Å². The molecule has 0 unspecified atom stereocenters. The highest BCUT2D eigenvalue weighted by molar-refractivity contribution is 7.71. The smallest absolute Gasteiger partial charge is 0.287 e. The van der Waals surface area contributed by atoms with Crippen molar-refractivity contribution >= 4 is 23.8 Å². The Morgan fingerprint density at radius 1 is 1.19 bits per heavy atom. The molecular formula is C20H21N3O3S. The Hall–Kier alpha value is -2.93. The van der Waals surface area contributed by atoms with Crippen molar-refractivity contribution in [1.29, 1.82) is 0 Å². The van der Waals surface area contributed by atoms with E-state index in [4.69, 9.17) is 21.4 Å². The minimum Gasteiger partial charge on any atom is -0.484 e. The number of amides is 1. The third-order valence-corrected chi connectivity index (χ3v) is 4.38. The van der Waals surface area contributed by atoms with Gasteiger partial charge in [-0.2, -0.15) is 0 Å². The first-order chi connectivity index (χ1) is 12.9. The van der Waals surface area contributed by atoms with E-state index in [-0.39, 0.29) is 23.9 Å². The van der Waals surface area contributed by atoms with E-state index in [2.05, 4.69) is 10.4 Å². The number of hydrogen-bond donors (Lipinski definition) is 1. The zero-order valence-corrected chi connectivity index (χ0v) is 16.3. The van der Waals surface area contributed by atoms with Crippen LogP contribution in [0.4, 0.5) is 5.69 Å². The van der Waals surface area contributed by atoms with Crippen LogP contribution in [0.5, 0.6) is 5.75 Å². The first kappa shape index (κ1) is 18.8. The van der Waals surface area contributed by atoms with Gasteiger partial charge in [0, 0.05) is 5.69 Å². The summed E-state index contributed by atoms with van der Waals surface area (Å²) in [6.45, 7) is 6.12. The molecule has 7 heteroatoms. The van der Waals surface area contributed by atoms with Gasteiger partial charge in [0.25, 0.3) is 10.7 Å². The van der Waals surface area contributed by atoms with Crippen molar-refractivity contribution in [3.05, 3.63) is 69.9 Å². The molecule has 0 aliphatic carbocycles. The van der Waals surface area contributed by atoms with Gasteiger partial charge < -0.3 is 14.5 Å². The van der Waals surface area contributed by atoms with Gasteiger partial charge in [0.2, 0.25) is 5.91 Å². The van der Waals surface area contributed by atoms with Gasteiger partial charge in [-0.15, -0.1) is 5.10 Å². The average Bonchev–Trinajstić information content (AvgIpc) is 2.96. The topological polar surface area (TPSA) is 69.3 Å². The van der Waals surface area contributed by atoms with E-state index in [1.165, 1.54) is 10.2 Å². The summed E-state index contributed by atoms with van der Waals surface area (Å²) >= 11 is 5.14. The molecule has 0 spiro atoms. The summed E-state index contributed by atoms with van der Waals surface area (Å²) in [5.41, 5.74) is 4.12. The largest absolute Gasteiger partial charge is 0.484 e. The monoisotopic (exact) mass is 383 g/mol. The Morgan fingerprint density at radius 2 is 2.00 bits per heavy atom. The van der Waals surface area contributed by atoms with Crippen molar-refractivity contribution < 1.29 is 13.9 Å². The molecule has 140 valence electrons. The number of carbonyl (C=O) groups excluding carboxylic acids is 1. The lowest BCUT2D eigenvalue weighted by molar-refractivity contribution is -0.117. The third kappa shape index (κ3) is 5.04. The second-order valence-electron chi connectivity index (χ2n) is 6.37. The zero-order valence-electron chi connectivity index (χ0n) is 15.5. The van der Waals surface area contributed by atoms with Crippen molar-refractivity contribution in [2.75, 3.05) is 5.32 Å². The van der Waals surface area contributed by atoms with Crippen LogP contribution in [0.2, 0.25) is 0 Å². The normalized spacial score (nSPS) is 10.6. The Morgan fingerprint density at radius 3 is 2.74 bits per heavy atom. The maximum atomic E-state index is 12.3. The summed E-state index contributed by atoms with van der Waals surface area (Å²) in [6, 6.07) is 13.4. The van der Waals surface area contributed by atoms with E-state index in [1.807, 2.05) is 63.2 Å². The fraction of sp³-hybridized carbons (Fsp3) is 0.250.